The lowest BCUT2D eigenvalue weighted by Crippen LogP contribution is -2.09. The number of rotatable bonds is 5. The van der Waals surface area contributed by atoms with Crippen LogP contribution in [0.5, 0.6) is 0 Å². The number of aryl methyl sites for hydroxylation is 1. The van der Waals surface area contributed by atoms with Gasteiger partial charge >= 0.3 is 5.97 Å². The molecule has 0 unspecified atom stereocenters. The third-order valence-corrected chi connectivity index (χ3v) is 2.19. The number of hydrogen-bond acceptors (Lipinski definition) is 3. The van der Waals surface area contributed by atoms with Crippen LogP contribution in [0.3, 0.4) is 0 Å². The van der Waals surface area contributed by atoms with Crippen LogP contribution in [0.2, 0.25) is 0 Å². The third kappa shape index (κ3) is 9.57. The van der Waals surface area contributed by atoms with E-state index in [9.17, 15) is 4.79 Å². The lowest BCUT2D eigenvalue weighted by Gasteiger charge is -1.98. The van der Waals surface area contributed by atoms with Crippen molar-refractivity contribution in [1.29, 1.82) is 0 Å². The van der Waals surface area contributed by atoms with E-state index in [1.807, 2.05) is 30.3 Å². The van der Waals surface area contributed by atoms with Crippen LogP contribution in [-0.4, -0.2) is 26.2 Å². The molecule has 0 aliphatic rings. The second kappa shape index (κ2) is 11.1. The monoisotopic (exact) mass is 237 g/mol. The van der Waals surface area contributed by atoms with Gasteiger partial charge in [-0.2, -0.15) is 0 Å². The van der Waals surface area contributed by atoms with E-state index >= 15 is 0 Å². The highest BCUT2D eigenvalue weighted by Crippen LogP contribution is 2.02. The van der Waals surface area contributed by atoms with Crippen LogP contribution in [0.25, 0.3) is 0 Å². The van der Waals surface area contributed by atoms with Gasteiger partial charge in [0.25, 0.3) is 0 Å². The number of esters is 1. The maximum Gasteiger partial charge on any atom is 0.305 e. The van der Waals surface area contributed by atoms with Crippen LogP contribution in [0.1, 0.15) is 25.8 Å². The van der Waals surface area contributed by atoms with Gasteiger partial charge in [-0.1, -0.05) is 44.2 Å². The van der Waals surface area contributed by atoms with Crippen LogP contribution in [0.4, 0.5) is 0 Å². The molecule has 0 radical (unpaired) electrons. The topological polar surface area (TPSA) is 38.3 Å². The summed E-state index contributed by atoms with van der Waals surface area (Å²) in [4.78, 5) is 10.8. The van der Waals surface area contributed by atoms with Crippen molar-refractivity contribution in [3.8, 4) is 0 Å². The van der Waals surface area contributed by atoms with E-state index in [1.165, 1.54) is 12.7 Å². The van der Waals surface area contributed by atoms with E-state index in [0.29, 0.717) is 6.42 Å². The Morgan fingerprint density at radius 2 is 1.76 bits per heavy atom. The molecule has 0 fully saturated rings. The van der Waals surface area contributed by atoms with Gasteiger partial charge in [-0.25, -0.2) is 0 Å². The van der Waals surface area contributed by atoms with Gasteiger partial charge < -0.3 is 10.1 Å². The molecule has 0 aromatic heterocycles. The Morgan fingerprint density at radius 3 is 2.18 bits per heavy atom. The Balaban J connectivity index is 0.000000437. The number of benzene rings is 1. The van der Waals surface area contributed by atoms with Gasteiger partial charge in [0.05, 0.1) is 7.11 Å². The number of carbonyl (C=O) groups excluding carboxylic acids is 1. The van der Waals surface area contributed by atoms with Crippen molar-refractivity contribution in [3.63, 3.8) is 0 Å². The van der Waals surface area contributed by atoms with Crippen molar-refractivity contribution < 1.29 is 9.53 Å². The summed E-state index contributed by atoms with van der Waals surface area (Å²) in [6.45, 7) is 6.39. The second-order valence-electron chi connectivity index (χ2n) is 3.52. The van der Waals surface area contributed by atoms with E-state index in [4.69, 9.17) is 0 Å². The molecule has 1 aromatic carbocycles. The van der Waals surface area contributed by atoms with Gasteiger partial charge in [0, 0.05) is 6.42 Å². The average molecular weight is 237 g/mol. The van der Waals surface area contributed by atoms with E-state index in [1.54, 1.807) is 0 Å². The summed E-state index contributed by atoms with van der Waals surface area (Å²) < 4.78 is 4.53. The second-order valence-corrected chi connectivity index (χ2v) is 3.52. The van der Waals surface area contributed by atoms with Crippen molar-refractivity contribution >= 4 is 5.97 Å². The fraction of sp³-hybridized carbons (Fsp3) is 0.500. The van der Waals surface area contributed by atoms with E-state index in [-0.39, 0.29) is 5.97 Å². The zero-order valence-corrected chi connectivity index (χ0v) is 11.0. The standard InChI is InChI=1S/C10H12O2.C4H11N/c1-12-10(11)8-7-9-5-3-2-4-6-9;1-3-5-4-2/h2-6H,7-8H2,1H3;5H,3-4H2,1-2H3. The summed E-state index contributed by atoms with van der Waals surface area (Å²) >= 11 is 0. The highest BCUT2D eigenvalue weighted by atomic mass is 16.5. The van der Waals surface area contributed by atoms with Gasteiger partial charge in [-0.15, -0.1) is 0 Å². The van der Waals surface area contributed by atoms with E-state index < -0.39 is 0 Å². The lowest BCUT2D eigenvalue weighted by atomic mass is 10.1. The molecular weight excluding hydrogens is 214 g/mol. The van der Waals surface area contributed by atoms with Crippen LogP contribution in [-0.2, 0) is 16.0 Å². The normalized spacial score (nSPS) is 9.12. The molecule has 0 heterocycles. The minimum atomic E-state index is -0.154. The number of methoxy groups -OCH3 is 1. The average Bonchev–Trinajstić information content (AvgIpc) is 2.39. The molecule has 3 heteroatoms. The molecule has 0 aliphatic heterocycles. The molecule has 0 bridgehead atoms. The molecule has 0 spiro atoms. The fourth-order valence-electron chi connectivity index (χ4n) is 1.24. The van der Waals surface area contributed by atoms with E-state index in [0.717, 1.165) is 19.5 Å². The lowest BCUT2D eigenvalue weighted by molar-refractivity contribution is -0.140. The maximum absolute atomic E-state index is 10.8. The van der Waals surface area contributed by atoms with Crippen molar-refractivity contribution in [1.82, 2.24) is 5.32 Å². The molecule has 0 atom stereocenters. The van der Waals surface area contributed by atoms with Gasteiger partial charge in [0.15, 0.2) is 0 Å². The van der Waals surface area contributed by atoms with Gasteiger partial charge in [-0.3, -0.25) is 4.79 Å². The first-order valence-electron chi connectivity index (χ1n) is 6.06. The quantitative estimate of drug-likeness (QED) is 0.799. The minimum Gasteiger partial charge on any atom is -0.469 e. The van der Waals surface area contributed by atoms with Crippen molar-refractivity contribution in [2.45, 2.75) is 26.7 Å². The van der Waals surface area contributed by atoms with Crippen LogP contribution >= 0.6 is 0 Å². The van der Waals surface area contributed by atoms with Crippen molar-refractivity contribution in [2.24, 2.45) is 0 Å². The summed E-state index contributed by atoms with van der Waals surface area (Å²) in [7, 11) is 1.41. The van der Waals surface area contributed by atoms with Crippen LogP contribution in [0.15, 0.2) is 30.3 Å². The van der Waals surface area contributed by atoms with Gasteiger partial charge in [-0.05, 0) is 25.1 Å². The largest absolute Gasteiger partial charge is 0.469 e. The molecule has 17 heavy (non-hydrogen) atoms. The molecule has 1 rings (SSSR count). The molecular formula is C14H23NO2. The highest BCUT2D eigenvalue weighted by molar-refractivity contribution is 5.69. The van der Waals surface area contributed by atoms with Crippen molar-refractivity contribution in [3.05, 3.63) is 35.9 Å². The molecule has 0 aliphatic carbocycles. The first-order valence-corrected chi connectivity index (χ1v) is 6.06. The van der Waals surface area contributed by atoms with Crippen LogP contribution in [0, 0.1) is 0 Å². The Morgan fingerprint density at radius 1 is 1.18 bits per heavy atom. The summed E-state index contributed by atoms with van der Waals surface area (Å²) in [5, 5.41) is 3.11. The molecule has 0 amide bonds. The molecule has 96 valence electrons. The fourth-order valence-corrected chi connectivity index (χ4v) is 1.24. The summed E-state index contributed by atoms with van der Waals surface area (Å²) in [6.07, 6.45) is 1.22. The zero-order chi connectivity index (χ0) is 12.9. The maximum atomic E-state index is 10.8. The number of nitrogens with one attached hydrogen (secondary N) is 1. The third-order valence-electron chi connectivity index (χ3n) is 2.19. The first kappa shape index (κ1) is 15.7. The van der Waals surface area contributed by atoms with E-state index in [2.05, 4.69) is 23.9 Å². The minimum absolute atomic E-state index is 0.154. The Hall–Kier alpha value is -1.35. The van der Waals surface area contributed by atoms with Crippen LogP contribution < -0.4 is 5.32 Å². The molecule has 3 nitrogen and oxygen atoms in total. The zero-order valence-electron chi connectivity index (χ0n) is 11.0. The Bertz CT molecular complexity index is 284. The summed E-state index contributed by atoms with van der Waals surface area (Å²) in [6, 6.07) is 9.90. The Labute approximate surface area is 104 Å². The molecule has 1 N–H and O–H groups in total. The number of ether oxygens (including phenoxy) is 1. The van der Waals surface area contributed by atoms with Gasteiger partial charge in [0.1, 0.15) is 0 Å². The smallest absolute Gasteiger partial charge is 0.305 e. The molecule has 0 saturated carbocycles. The number of hydrogen-bond donors (Lipinski definition) is 1. The van der Waals surface area contributed by atoms with Crippen molar-refractivity contribution in [2.75, 3.05) is 20.2 Å². The summed E-state index contributed by atoms with van der Waals surface area (Å²) in [5.74, 6) is -0.154. The first-order chi connectivity index (χ1) is 8.24. The SMILES string of the molecule is CCNCC.COC(=O)CCc1ccccc1. The predicted molar refractivity (Wildman–Crippen MR) is 71.0 cm³/mol. The van der Waals surface area contributed by atoms with Gasteiger partial charge in [0.2, 0.25) is 0 Å². The molecule has 1 aromatic rings. The molecule has 0 saturated heterocycles. The predicted octanol–water partition coefficient (Wildman–Crippen LogP) is 2.41. The highest BCUT2D eigenvalue weighted by Gasteiger charge is 1.99. The number of carbonyl (C=O) groups is 1. The summed E-state index contributed by atoms with van der Waals surface area (Å²) in [5.41, 5.74) is 1.17. The Kier molecular flexibility index (Phi) is 10.3.